The molecule has 0 saturated carbocycles. The van der Waals surface area contributed by atoms with Crippen molar-refractivity contribution in [2.45, 2.75) is 13.0 Å². The summed E-state index contributed by atoms with van der Waals surface area (Å²) in [5.41, 5.74) is 8.56. The molecule has 1 aliphatic heterocycles. The number of pyridine rings is 3. The van der Waals surface area contributed by atoms with E-state index in [0.29, 0.717) is 18.7 Å². The van der Waals surface area contributed by atoms with E-state index in [9.17, 15) is 4.79 Å². The first-order valence-electron chi connectivity index (χ1n) is 9.56. The lowest BCUT2D eigenvalue weighted by molar-refractivity contribution is 0.0735. The summed E-state index contributed by atoms with van der Waals surface area (Å²) in [6.07, 6.45) is 7.70. The van der Waals surface area contributed by atoms with Crippen LogP contribution >= 0.6 is 0 Å². The van der Waals surface area contributed by atoms with Gasteiger partial charge in [-0.3, -0.25) is 25.2 Å². The lowest BCUT2D eigenvalue weighted by Crippen LogP contribution is -2.47. The molecule has 5 rings (SSSR count). The molecule has 1 aromatic carbocycles. The Morgan fingerprint density at radius 1 is 0.931 bits per heavy atom. The molecule has 0 unspecified atom stereocenters. The van der Waals surface area contributed by atoms with Gasteiger partial charge in [-0.1, -0.05) is 24.3 Å². The third kappa shape index (κ3) is 3.46. The number of fused-ring (bicyclic) bond motifs is 2. The number of hydrogen-bond acceptors (Lipinski definition) is 5. The van der Waals surface area contributed by atoms with Crippen LogP contribution in [0.1, 0.15) is 21.6 Å². The van der Waals surface area contributed by atoms with Gasteiger partial charge in [-0.25, -0.2) is 5.01 Å². The summed E-state index contributed by atoms with van der Waals surface area (Å²) in [6.45, 7) is 1.30. The van der Waals surface area contributed by atoms with Crippen molar-refractivity contribution in [1.82, 2.24) is 25.4 Å². The largest absolute Gasteiger partial charge is 0.284 e. The van der Waals surface area contributed by atoms with Gasteiger partial charge in [0, 0.05) is 60.9 Å². The summed E-state index contributed by atoms with van der Waals surface area (Å²) in [4.78, 5) is 25.7. The number of hydrogen-bond donors (Lipinski definition) is 1. The molecule has 0 radical (unpaired) electrons. The number of carbonyl (C=O) groups excluding carboxylic acids is 1. The summed E-state index contributed by atoms with van der Waals surface area (Å²) in [6, 6.07) is 16.1. The van der Waals surface area contributed by atoms with Gasteiger partial charge in [-0.15, -0.1) is 0 Å². The number of aromatic nitrogens is 3. The predicted octanol–water partition coefficient (Wildman–Crippen LogP) is 3.39. The van der Waals surface area contributed by atoms with Crippen molar-refractivity contribution in [3.8, 4) is 11.1 Å². The zero-order valence-corrected chi connectivity index (χ0v) is 15.7. The Morgan fingerprint density at radius 3 is 2.66 bits per heavy atom. The van der Waals surface area contributed by atoms with Crippen molar-refractivity contribution in [3.05, 3.63) is 90.1 Å². The summed E-state index contributed by atoms with van der Waals surface area (Å²) in [5.74, 6) is -0.124. The highest BCUT2D eigenvalue weighted by molar-refractivity contribution is 5.97. The van der Waals surface area contributed by atoms with Crippen molar-refractivity contribution in [1.29, 1.82) is 0 Å². The Kier molecular flexibility index (Phi) is 4.46. The second-order valence-corrected chi connectivity index (χ2v) is 7.06. The molecule has 142 valence electrons. The second kappa shape index (κ2) is 7.41. The van der Waals surface area contributed by atoms with Crippen LogP contribution in [-0.2, 0) is 13.0 Å². The summed E-state index contributed by atoms with van der Waals surface area (Å²) < 4.78 is 0. The van der Waals surface area contributed by atoms with Crippen molar-refractivity contribution in [2.24, 2.45) is 0 Å². The summed E-state index contributed by atoms with van der Waals surface area (Å²) in [5, 5.41) is 3.08. The third-order valence-corrected chi connectivity index (χ3v) is 5.20. The van der Waals surface area contributed by atoms with Crippen LogP contribution in [-0.4, -0.2) is 32.4 Å². The average Bonchev–Trinajstić information content (AvgIpc) is 2.78. The van der Waals surface area contributed by atoms with E-state index in [1.54, 1.807) is 18.6 Å². The minimum atomic E-state index is -0.124. The normalized spacial score (nSPS) is 13.9. The van der Waals surface area contributed by atoms with Crippen LogP contribution < -0.4 is 5.43 Å². The standard InChI is InChI=1S/C23H19N5O/c29-23-20-14-25-13-19(16-7-10-24-11-8-16)21(20)15-28(27-23)12-9-18-6-5-17-3-1-2-4-22(17)26-18/h1-8,10-11,13-14H,9,12,15H2,(H,27,29). The van der Waals surface area contributed by atoms with Gasteiger partial charge in [0.1, 0.15) is 0 Å². The van der Waals surface area contributed by atoms with Gasteiger partial charge in [0.2, 0.25) is 0 Å². The molecule has 1 N–H and O–H groups in total. The molecular weight excluding hydrogens is 362 g/mol. The number of carbonyl (C=O) groups is 1. The highest BCUT2D eigenvalue weighted by Gasteiger charge is 2.25. The molecular formula is C23H19N5O. The Morgan fingerprint density at radius 2 is 1.76 bits per heavy atom. The predicted molar refractivity (Wildman–Crippen MR) is 111 cm³/mol. The van der Waals surface area contributed by atoms with Crippen LogP contribution in [0.15, 0.2) is 73.3 Å². The van der Waals surface area contributed by atoms with Gasteiger partial charge in [0.15, 0.2) is 0 Å². The molecule has 0 bridgehead atoms. The van der Waals surface area contributed by atoms with Gasteiger partial charge < -0.3 is 0 Å². The lowest BCUT2D eigenvalue weighted by atomic mass is 9.97. The van der Waals surface area contributed by atoms with E-state index in [4.69, 9.17) is 4.98 Å². The van der Waals surface area contributed by atoms with Crippen LogP contribution in [0.25, 0.3) is 22.0 Å². The van der Waals surface area contributed by atoms with Crippen molar-refractivity contribution < 1.29 is 4.79 Å². The SMILES string of the molecule is O=C1NN(CCc2ccc3ccccc3n2)Cc2c1cncc2-c1ccncc1. The van der Waals surface area contributed by atoms with E-state index >= 15 is 0 Å². The molecule has 0 fully saturated rings. The van der Waals surface area contributed by atoms with Gasteiger partial charge in [-0.05, 0) is 35.4 Å². The molecule has 4 heterocycles. The maximum absolute atomic E-state index is 12.6. The number of amides is 1. The van der Waals surface area contributed by atoms with E-state index in [0.717, 1.165) is 39.7 Å². The highest BCUT2D eigenvalue weighted by Crippen LogP contribution is 2.28. The maximum atomic E-state index is 12.6. The minimum Gasteiger partial charge on any atom is -0.284 e. The summed E-state index contributed by atoms with van der Waals surface area (Å²) >= 11 is 0. The molecule has 6 heteroatoms. The number of nitrogens with zero attached hydrogens (tertiary/aromatic N) is 4. The van der Waals surface area contributed by atoms with Gasteiger partial charge in [0.25, 0.3) is 5.91 Å². The average molecular weight is 381 g/mol. The molecule has 6 nitrogen and oxygen atoms in total. The van der Waals surface area contributed by atoms with E-state index in [-0.39, 0.29) is 5.91 Å². The Bertz CT molecular complexity index is 1190. The molecule has 1 amide bonds. The van der Waals surface area contributed by atoms with Crippen LogP contribution in [0, 0.1) is 0 Å². The molecule has 1 aliphatic rings. The van der Waals surface area contributed by atoms with Crippen LogP contribution in [0.5, 0.6) is 0 Å². The van der Waals surface area contributed by atoms with E-state index in [1.165, 1.54) is 0 Å². The molecule has 0 aliphatic carbocycles. The smallest absolute Gasteiger partial charge is 0.267 e. The topological polar surface area (TPSA) is 71.0 Å². The number of rotatable bonds is 4. The zero-order valence-electron chi connectivity index (χ0n) is 15.7. The lowest BCUT2D eigenvalue weighted by Gasteiger charge is -2.30. The monoisotopic (exact) mass is 381 g/mol. The van der Waals surface area contributed by atoms with Crippen molar-refractivity contribution >= 4 is 16.8 Å². The van der Waals surface area contributed by atoms with E-state index < -0.39 is 0 Å². The molecule has 0 saturated heterocycles. The molecule has 29 heavy (non-hydrogen) atoms. The highest BCUT2D eigenvalue weighted by atomic mass is 16.2. The van der Waals surface area contributed by atoms with Gasteiger partial charge in [0.05, 0.1) is 11.1 Å². The number of para-hydroxylation sites is 1. The molecule has 4 aromatic rings. The van der Waals surface area contributed by atoms with Crippen LogP contribution in [0.2, 0.25) is 0 Å². The number of nitrogens with one attached hydrogen (secondary N) is 1. The Labute approximate surface area is 168 Å². The van der Waals surface area contributed by atoms with Crippen LogP contribution in [0.3, 0.4) is 0 Å². The fourth-order valence-electron chi connectivity index (χ4n) is 3.70. The van der Waals surface area contributed by atoms with Gasteiger partial charge >= 0.3 is 0 Å². The Hall–Kier alpha value is -3.64. The van der Waals surface area contributed by atoms with E-state index in [1.807, 2.05) is 47.6 Å². The minimum absolute atomic E-state index is 0.124. The van der Waals surface area contributed by atoms with Crippen molar-refractivity contribution in [3.63, 3.8) is 0 Å². The second-order valence-electron chi connectivity index (χ2n) is 7.06. The van der Waals surface area contributed by atoms with Gasteiger partial charge in [-0.2, -0.15) is 0 Å². The van der Waals surface area contributed by atoms with Crippen molar-refractivity contribution in [2.75, 3.05) is 6.54 Å². The Balaban J connectivity index is 1.38. The first-order chi connectivity index (χ1) is 14.3. The third-order valence-electron chi connectivity index (χ3n) is 5.20. The fraction of sp³-hybridized carbons (Fsp3) is 0.130. The molecule has 0 atom stereocenters. The quantitative estimate of drug-likeness (QED) is 0.587. The van der Waals surface area contributed by atoms with E-state index in [2.05, 4.69) is 27.5 Å². The van der Waals surface area contributed by atoms with Crippen LogP contribution in [0.4, 0.5) is 0 Å². The number of benzene rings is 1. The molecule has 3 aromatic heterocycles. The zero-order chi connectivity index (χ0) is 19.6. The number of hydrazine groups is 1. The summed E-state index contributed by atoms with van der Waals surface area (Å²) in [7, 11) is 0. The fourth-order valence-corrected chi connectivity index (χ4v) is 3.70. The maximum Gasteiger partial charge on any atom is 0.267 e. The molecule has 0 spiro atoms. The first kappa shape index (κ1) is 17.5. The first-order valence-corrected chi connectivity index (χ1v) is 9.56.